The lowest BCUT2D eigenvalue weighted by Crippen LogP contribution is -2.47. The smallest absolute Gasteiger partial charge is 0.407 e. The fourth-order valence-electron chi connectivity index (χ4n) is 5.28. The summed E-state index contributed by atoms with van der Waals surface area (Å²) in [5.74, 6) is -3.55. The fourth-order valence-corrected chi connectivity index (χ4v) is 5.28. The van der Waals surface area contributed by atoms with Gasteiger partial charge >= 0.3 is 35.9 Å². The Morgan fingerprint density at radius 2 is 1.13 bits per heavy atom. The molecular formula is C32H45NO12. The van der Waals surface area contributed by atoms with Gasteiger partial charge in [-0.05, 0) is 36.5 Å². The molecule has 13 nitrogen and oxygen atoms in total. The van der Waals surface area contributed by atoms with Crippen LogP contribution in [0.15, 0.2) is 50.6 Å². The Morgan fingerprint density at radius 1 is 0.689 bits per heavy atom. The number of hydrogen-bond donors (Lipinski definition) is 1. The first-order valence-corrected chi connectivity index (χ1v) is 14.4. The molecule has 1 amide bonds. The molecule has 1 fully saturated rings. The third-order valence-corrected chi connectivity index (χ3v) is 7.03. The highest BCUT2D eigenvalue weighted by Crippen LogP contribution is 2.48. The van der Waals surface area contributed by atoms with Crippen molar-refractivity contribution in [3.8, 4) is 0 Å². The SMILES string of the molecule is C=CC(=O)OCCOC(=O)NC1CC(C)(C)CC(C)(CCC(=O)OCC(COC(=O)C=C)(COC(=O)C=C)COC(=O)C=C)C1. The minimum Gasteiger partial charge on any atom is -0.465 e. The zero-order valence-electron chi connectivity index (χ0n) is 26.4. The number of amides is 1. The van der Waals surface area contributed by atoms with Crippen LogP contribution in [0.25, 0.3) is 0 Å². The molecule has 0 saturated heterocycles. The van der Waals surface area contributed by atoms with Crippen LogP contribution in [0.1, 0.15) is 52.9 Å². The van der Waals surface area contributed by atoms with E-state index in [9.17, 15) is 28.8 Å². The molecule has 0 aromatic rings. The molecule has 1 rings (SSSR count). The van der Waals surface area contributed by atoms with Gasteiger partial charge in [0.25, 0.3) is 0 Å². The lowest BCUT2D eigenvalue weighted by Gasteiger charge is -2.46. The largest absolute Gasteiger partial charge is 0.465 e. The molecular weight excluding hydrogens is 590 g/mol. The second kappa shape index (κ2) is 18.4. The summed E-state index contributed by atoms with van der Waals surface area (Å²) in [6.07, 6.45) is 5.63. The van der Waals surface area contributed by atoms with Crippen molar-refractivity contribution >= 4 is 35.9 Å². The third-order valence-electron chi connectivity index (χ3n) is 7.03. The van der Waals surface area contributed by atoms with Crippen molar-refractivity contribution < 1.29 is 57.2 Å². The van der Waals surface area contributed by atoms with Crippen molar-refractivity contribution in [3.63, 3.8) is 0 Å². The quantitative estimate of drug-likeness (QED) is 0.0950. The average Bonchev–Trinajstić information content (AvgIpc) is 2.99. The predicted molar refractivity (Wildman–Crippen MR) is 161 cm³/mol. The van der Waals surface area contributed by atoms with Gasteiger partial charge in [0.2, 0.25) is 0 Å². The molecule has 0 spiro atoms. The standard InChI is InChI=1S/C32H45NO12/c1-8-24(34)40-14-15-41-29(39)33-23-16-30(5,6)18-31(7,17-23)13-12-28(38)45-22-32(19-42-25(35)9-2,20-43-26(36)10-3)21-44-27(37)11-4/h8-11,23H,1-4,12-22H2,5-7H3,(H,33,39). The maximum Gasteiger partial charge on any atom is 0.407 e. The van der Waals surface area contributed by atoms with E-state index in [0.717, 1.165) is 30.7 Å². The topological polar surface area (TPSA) is 170 Å². The van der Waals surface area contributed by atoms with Crippen molar-refractivity contribution in [2.45, 2.75) is 58.9 Å². The van der Waals surface area contributed by atoms with E-state index in [0.29, 0.717) is 19.3 Å². The number of ether oxygens (including phenoxy) is 6. The number of alkyl carbamates (subject to hydrolysis) is 1. The highest BCUT2D eigenvalue weighted by molar-refractivity contribution is 5.82. The Balaban J connectivity index is 2.89. The lowest BCUT2D eigenvalue weighted by molar-refractivity contribution is -0.166. The van der Waals surface area contributed by atoms with Gasteiger partial charge in [-0.25, -0.2) is 24.0 Å². The first kappa shape index (κ1) is 38.6. The molecule has 45 heavy (non-hydrogen) atoms. The van der Waals surface area contributed by atoms with E-state index in [-0.39, 0.29) is 36.5 Å². The molecule has 0 aromatic heterocycles. The fraction of sp³-hybridized carbons (Fsp3) is 0.562. The molecule has 0 aliphatic heterocycles. The van der Waals surface area contributed by atoms with E-state index >= 15 is 0 Å². The number of carbonyl (C=O) groups is 6. The van der Waals surface area contributed by atoms with Crippen molar-refractivity contribution in [1.82, 2.24) is 5.32 Å². The molecule has 0 aromatic carbocycles. The highest BCUT2D eigenvalue weighted by Gasteiger charge is 2.42. The molecule has 0 heterocycles. The van der Waals surface area contributed by atoms with Gasteiger partial charge in [-0.1, -0.05) is 47.1 Å². The number of rotatable bonds is 19. The second-order valence-electron chi connectivity index (χ2n) is 12.0. The van der Waals surface area contributed by atoms with Crippen LogP contribution in [0.3, 0.4) is 0 Å². The molecule has 1 aliphatic rings. The molecule has 1 aliphatic carbocycles. The lowest BCUT2D eigenvalue weighted by atomic mass is 9.61. The first-order chi connectivity index (χ1) is 21.1. The van der Waals surface area contributed by atoms with Crippen LogP contribution in [-0.4, -0.2) is 81.6 Å². The van der Waals surface area contributed by atoms with Gasteiger partial charge in [0, 0.05) is 36.8 Å². The minimum atomic E-state index is -1.43. The molecule has 2 unspecified atom stereocenters. The van der Waals surface area contributed by atoms with E-state index in [1.54, 1.807) is 0 Å². The van der Waals surface area contributed by atoms with Crippen LogP contribution < -0.4 is 5.32 Å². The number of nitrogens with one attached hydrogen (secondary N) is 1. The Morgan fingerprint density at radius 3 is 1.62 bits per heavy atom. The van der Waals surface area contributed by atoms with Gasteiger partial charge in [-0.15, -0.1) is 0 Å². The summed E-state index contributed by atoms with van der Waals surface area (Å²) in [4.78, 5) is 71.8. The Labute approximate surface area is 263 Å². The monoisotopic (exact) mass is 635 g/mol. The Hall–Kier alpha value is -4.42. The summed E-state index contributed by atoms with van der Waals surface area (Å²) in [5.41, 5.74) is -1.95. The van der Waals surface area contributed by atoms with Gasteiger partial charge < -0.3 is 33.7 Å². The molecule has 0 radical (unpaired) electrons. The van der Waals surface area contributed by atoms with E-state index in [1.807, 2.05) is 6.92 Å². The van der Waals surface area contributed by atoms with E-state index in [1.165, 1.54) is 0 Å². The normalized spacial score (nSPS) is 18.6. The Bertz CT molecular complexity index is 1070. The van der Waals surface area contributed by atoms with Crippen molar-refractivity contribution in [2.24, 2.45) is 16.2 Å². The summed E-state index contributed by atoms with van der Waals surface area (Å²) in [6, 6.07) is -0.232. The van der Waals surface area contributed by atoms with E-state index in [2.05, 4.69) is 45.5 Å². The maximum absolute atomic E-state index is 13.0. The average molecular weight is 636 g/mol. The van der Waals surface area contributed by atoms with Gasteiger partial charge in [-0.2, -0.15) is 0 Å². The van der Waals surface area contributed by atoms with Crippen molar-refractivity contribution in [3.05, 3.63) is 50.6 Å². The molecule has 13 heteroatoms. The van der Waals surface area contributed by atoms with Gasteiger partial charge in [0.05, 0.1) is 0 Å². The zero-order chi connectivity index (χ0) is 34.1. The summed E-state index contributed by atoms with van der Waals surface area (Å²) < 4.78 is 30.9. The predicted octanol–water partition coefficient (Wildman–Crippen LogP) is 3.52. The minimum absolute atomic E-state index is 0.0137. The molecule has 1 saturated carbocycles. The van der Waals surface area contributed by atoms with Crippen LogP contribution in [0.4, 0.5) is 4.79 Å². The van der Waals surface area contributed by atoms with Crippen molar-refractivity contribution in [2.75, 3.05) is 39.6 Å². The summed E-state index contributed by atoms with van der Waals surface area (Å²) in [7, 11) is 0. The maximum atomic E-state index is 13.0. The van der Waals surface area contributed by atoms with E-state index < -0.39 is 67.8 Å². The molecule has 2 atom stereocenters. The second-order valence-corrected chi connectivity index (χ2v) is 12.0. The first-order valence-electron chi connectivity index (χ1n) is 14.4. The molecule has 0 bridgehead atoms. The van der Waals surface area contributed by atoms with Crippen LogP contribution in [-0.2, 0) is 52.4 Å². The van der Waals surface area contributed by atoms with Gasteiger partial charge in [-0.3, -0.25) is 4.79 Å². The summed E-state index contributed by atoms with van der Waals surface area (Å²) >= 11 is 0. The van der Waals surface area contributed by atoms with Crippen molar-refractivity contribution in [1.29, 1.82) is 0 Å². The van der Waals surface area contributed by atoms with E-state index in [4.69, 9.17) is 28.4 Å². The summed E-state index contributed by atoms with van der Waals surface area (Å²) in [6.45, 7) is 17.6. The number of hydrogen-bond acceptors (Lipinski definition) is 12. The van der Waals surface area contributed by atoms with Gasteiger partial charge in [0.1, 0.15) is 45.1 Å². The molecule has 1 N–H and O–H groups in total. The highest BCUT2D eigenvalue weighted by atomic mass is 16.6. The number of carbonyl (C=O) groups excluding carboxylic acids is 6. The molecule has 250 valence electrons. The zero-order valence-corrected chi connectivity index (χ0v) is 26.4. The third kappa shape index (κ3) is 15.2. The number of esters is 5. The van der Waals surface area contributed by atoms with Crippen LogP contribution in [0.5, 0.6) is 0 Å². The van der Waals surface area contributed by atoms with Gasteiger partial charge in [0.15, 0.2) is 0 Å². The van der Waals surface area contributed by atoms with Crippen LogP contribution in [0.2, 0.25) is 0 Å². The Kier molecular flexibility index (Phi) is 15.8. The van der Waals surface area contributed by atoms with Crippen LogP contribution in [0, 0.1) is 16.2 Å². The van der Waals surface area contributed by atoms with Crippen LogP contribution >= 0.6 is 0 Å². The summed E-state index contributed by atoms with van der Waals surface area (Å²) in [5, 5.41) is 2.86.